The Balaban J connectivity index is 2.95. The first-order valence-electron chi connectivity index (χ1n) is 5.22. The first-order valence-corrected chi connectivity index (χ1v) is 5.60. The Morgan fingerprint density at radius 2 is 2.31 bits per heavy atom. The van der Waals surface area contributed by atoms with Crippen molar-refractivity contribution in [1.29, 1.82) is 5.26 Å². The van der Waals surface area contributed by atoms with Crippen LogP contribution in [0.1, 0.15) is 19.4 Å². The summed E-state index contributed by atoms with van der Waals surface area (Å²) in [6, 6.07) is 2.22. The number of hydrogen-bond acceptors (Lipinski definition) is 4. The number of nitriles is 1. The summed E-state index contributed by atoms with van der Waals surface area (Å²) < 4.78 is 0. The molecule has 0 amide bonds. The Kier molecular flexibility index (Phi) is 4.51. The van der Waals surface area contributed by atoms with E-state index in [9.17, 15) is 0 Å². The molecule has 16 heavy (non-hydrogen) atoms. The molecule has 0 radical (unpaired) electrons. The number of aryl methyl sites for hydroxylation is 1. The van der Waals surface area contributed by atoms with Gasteiger partial charge in [-0.25, -0.2) is 9.97 Å². The van der Waals surface area contributed by atoms with Gasteiger partial charge in [-0.1, -0.05) is 0 Å². The average Bonchev–Trinajstić information content (AvgIpc) is 2.29. The van der Waals surface area contributed by atoms with Crippen LogP contribution in [-0.4, -0.2) is 23.1 Å². The third-order valence-electron chi connectivity index (χ3n) is 2.31. The molecule has 86 valence electrons. The van der Waals surface area contributed by atoms with E-state index >= 15 is 0 Å². The molecule has 1 heterocycles. The van der Waals surface area contributed by atoms with Crippen molar-refractivity contribution >= 4 is 17.4 Å². The maximum absolute atomic E-state index is 8.81. The molecule has 1 atom stereocenters. The van der Waals surface area contributed by atoms with Crippen LogP contribution in [0.5, 0.6) is 0 Å². The molecular weight excluding hydrogens is 224 g/mol. The van der Waals surface area contributed by atoms with Gasteiger partial charge in [-0.3, -0.25) is 0 Å². The van der Waals surface area contributed by atoms with Crippen molar-refractivity contribution in [1.82, 2.24) is 9.97 Å². The van der Waals surface area contributed by atoms with Gasteiger partial charge in [0, 0.05) is 24.8 Å². The van der Waals surface area contributed by atoms with Crippen molar-refractivity contribution in [3.8, 4) is 6.07 Å². The van der Waals surface area contributed by atoms with Gasteiger partial charge in [0.1, 0.15) is 5.82 Å². The molecule has 1 aromatic heterocycles. The number of halogens is 1. The predicted octanol–water partition coefficient (Wildman–Crippen LogP) is 2.42. The van der Waals surface area contributed by atoms with Gasteiger partial charge < -0.3 is 4.90 Å². The molecule has 0 aromatic carbocycles. The van der Waals surface area contributed by atoms with Crippen LogP contribution < -0.4 is 4.90 Å². The molecule has 0 bridgehead atoms. The normalized spacial score (nSPS) is 11.9. The van der Waals surface area contributed by atoms with E-state index in [1.165, 1.54) is 0 Å². The van der Waals surface area contributed by atoms with Crippen LogP contribution in [0.25, 0.3) is 0 Å². The van der Waals surface area contributed by atoms with Crippen molar-refractivity contribution in [2.45, 2.75) is 20.8 Å². The molecule has 0 aliphatic carbocycles. The highest BCUT2D eigenvalue weighted by molar-refractivity contribution is 6.28. The summed E-state index contributed by atoms with van der Waals surface area (Å²) in [6.45, 7) is 7.30. The topological polar surface area (TPSA) is 52.8 Å². The van der Waals surface area contributed by atoms with Crippen LogP contribution in [0.4, 0.5) is 5.82 Å². The third-order valence-corrected chi connectivity index (χ3v) is 2.49. The largest absolute Gasteiger partial charge is 0.355 e. The molecular formula is C11H15ClN4. The van der Waals surface area contributed by atoms with Gasteiger partial charge in [0.05, 0.1) is 12.0 Å². The van der Waals surface area contributed by atoms with Gasteiger partial charge in [-0.05, 0) is 32.4 Å². The van der Waals surface area contributed by atoms with Gasteiger partial charge >= 0.3 is 0 Å². The van der Waals surface area contributed by atoms with E-state index in [4.69, 9.17) is 16.9 Å². The molecule has 0 aliphatic rings. The fourth-order valence-corrected chi connectivity index (χ4v) is 1.60. The SMILES string of the molecule is CCN(CC(C)C#N)c1nc(Cl)ncc1C. The van der Waals surface area contributed by atoms with Crippen molar-refractivity contribution < 1.29 is 0 Å². The molecule has 1 rings (SSSR count). The van der Waals surface area contributed by atoms with Gasteiger partial charge in [0.25, 0.3) is 0 Å². The number of nitrogens with zero attached hydrogens (tertiary/aromatic N) is 4. The smallest absolute Gasteiger partial charge is 0.224 e. The molecule has 0 saturated carbocycles. The van der Waals surface area contributed by atoms with Crippen molar-refractivity contribution in [2.24, 2.45) is 5.92 Å². The van der Waals surface area contributed by atoms with Crippen LogP contribution in [0.15, 0.2) is 6.20 Å². The minimum absolute atomic E-state index is 0.0342. The number of aromatic nitrogens is 2. The van der Waals surface area contributed by atoms with Crippen molar-refractivity contribution in [2.75, 3.05) is 18.0 Å². The first kappa shape index (κ1) is 12.7. The van der Waals surface area contributed by atoms with E-state index in [2.05, 4.69) is 16.0 Å². The second-order valence-electron chi connectivity index (χ2n) is 3.71. The molecule has 4 nitrogen and oxygen atoms in total. The van der Waals surface area contributed by atoms with E-state index in [-0.39, 0.29) is 11.2 Å². The summed E-state index contributed by atoms with van der Waals surface area (Å²) in [7, 11) is 0. The molecule has 0 aliphatic heterocycles. The fourth-order valence-electron chi connectivity index (χ4n) is 1.47. The lowest BCUT2D eigenvalue weighted by atomic mass is 10.2. The number of rotatable bonds is 4. The number of hydrogen-bond donors (Lipinski definition) is 0. The second kappa shape index (κ2) is 5.66. The van der Waals surface area contributed by atoms with E-state index in [1.807, 2.05) is 25.7 Å². The van der Waals surface area contributed by atoms with Crippen LogP contribution >= 0.6 is 11.6 Å². The maximum atomic E-state index is 8.81. The highest BCUT2D eigenvalue weighted by Gasteiger charge is 2.13. The zero-order valence-electron chi connectivity index (χ0n) is 9.74. The summed E-state index contributed by atoms with van der Waals surface area (Å²) in [5.41, 5.74) is 0.969. The van der Waals surface area contributed by atoms with Crippen molar-refractivity contribution in [3.05, 3.63) is 17.0 Å². The Morgan fingerprint density at radius 3 is 2.88 bits per heavy atom. The van der Waals surface area contributed by atoms with Crippen molar-refractivity contribution in [3.63, 3.8) is 0 Å². The van der Waals surface area contributed by atoms with Gasteiger partial charge in [0.15, 0.2) is 0 Å². The summed E-state index contributed by atoms with van der Waals surface area (Å²) in [5.74, 6) is 0.776. The lowest BCUT2D eigenvalue weighted by Crippen LogP contribution is -2.29. The lowest BCUT2D eigenvalue weighted by Gasteiger charge is -2.24. The van der Waals surface area contributed by atoms with Gasteiger partial charge in [-0.15, -0.1) is 0 Å². The first-order chi connectivity index (χ1) is 7.58. The van der Waals surface area contributed by atoms with Gasteiger partial charge in [0.2, 0.25) is 5.28 Å². The van der Waals surface area contributed by atoms with Gasteiger partial charge in [-0.2, -0.15) is 5.26 Å². The second-order valence-corrected chi connectivity index (χ2v) is 4.05. The van der Waals surface area contributed by atoms with Crippen LogP contribution in [0.3, 0.4) is 0 Å². The Morgan fingerprint density at radius 1 is 1.62 bits per heavy atom. The molecule has 0 fully saturated rings. The zero-order valence-corrected chi connectivity index (χ0v) is 10.5. The minimum atomic E-state index is -0.0342. The summed E-state index contributed by atoms with van der Waals surface area (Å²) in [5, 5.41) is 9.05. The summed E-state index contributed by atoms with van der Waals surface area (Å²) in [4.78, 5) is 10.2. The highest BCUT2D eigenvalue weighted by Crippen LogP contribution is 2.18. The summed E-state index contributed by atoms with van der Waals surface area (Å²) >= 11 is 5.77. The summed E-state index contributed by atoms with van der Waals surface area (Å²) in [6.07, 6.45) is 1.70. The molecule has 0 N–H and O–H groups in total. The lowest BCUT2D eigenvalue weighted by molar-refractivity contribution is 0.677. The molecule has 0 spiro atoms. The molecule has 5 heteroatoms. The molecule has 1 unspecified atom stereocenters. The highest BCUT2D eigenvalue weighted by atomic mass is 35.5. The number of anilines is 1. The van der Waals surface area contributed by atoms with E-state index in [0.717, 1.165) is 17.9 Å². The van der Waals surface area contributed by atoms with Crippen LogP contribution in [-0.2, 0) is 0 Å². The monoisotopic (exact) mass is 238 g/mol. The van der Waals surface area contributed by atoms with E-state index in [0.29, 0.717) is 6.54 Å². The zero-order chi connectivity index (χ0) is 12.1. The predicted molar refractivity (Wildman–Crippen MR) is 64.4 cm³/mol. The third kappa shape index (κ3) is 3.07. The molecule has 1 aromatic rings. The molecule has 0 saturated heterocycles. The standard InChI is InChI=1S/C11H15ClN4/c1-4-16(7-8(2)5-13)10-9(3)6-14-11(12)15-10/h6,8H,4,7H2,1-3H3. The Labute approximate surface area is 101 Å². The van der Waals surface area contributed by atoms with E-state index < -0.39 is 0 Å². The minimum Gasteiger partial charge on any atom is -0.355 e. The van der Waals surface area contributed by atoms with Crippen LogP contribution in [0.2, 0.25) is 5.28 Å². The fraction of sp³-hybridized carbons (Fsp3) is 0.545. The average molecular weight is 239 g/mol. The Hall–Kier alpha value is -1.34. The van der Waals surface area contributed by atoms with E-state index in [1.54, 1.807) is 6.20 Å². The maximum Gasteiger partial charge on any atom is 0.224 e. The Bertz CT molecular complexity index is 399. The van der Waals surface area contributed by atoms with Crippen LogP contribution in [0, 0.1) is 24.2 Å². The quantitative estimate of drug-likeness (QED) is 0.756.